The van der Waals surface area contributed by atoms with Gasteiger partial charge < -0.3 is 16.0 Å². The largest absolute Gasteiger partial charge is 0.365 e. The molecule has 1 amide bonds. The van der Waals surface area contributed by atoms with Crippen LogP contribution in [0.1, 0.15) is 6.92 Å². The van der Waals surface area contributed by atoms with E-state index in [0.717, 1.165) is 0 Å². The number of carbonyl (C=O) groups excluding carboxylic acids is 1. The van der Waals surface area contributed by atoms with E-state index in [1.807, 2.05) is 0 Å². The molecule has 0 bridgehead atoms. The van der Waals surface area contributed by atoms with Crippen LogP contribution in [0.4, 0.5) is 0 Å². The third-order valence-corrected chi connectivity index (χ3v) is 1.79. The van der Waals surface area contributed by atoms with Crippen LogP contribution in [0.3, 0.4) is 0 Å². The van der Waals surface area contributed by atoms with Crippen molar-refractivity contribution >= 4 is 24.5 Å². The van der Waals surface area contributed by atoms with Crippen LogP contribution in [0.2, 0.25) is 0 Å². The average molecular weight is 231 g/mol. The maximum absolute atomic E-state index is 11.4. The monoisotopic (exact) mass is 230 g/mol. The Morgan fingerprint density at radius 1 is 1.60 bits per heavy atom. The Hall–Kier alpha value is -1.33. The predicted octanol–water partition coefficient (Wildman–Crippen LogP) is 0.119. The number of hydrogen-bond acceptors (Lipinski definition) is 4. The molecule has 0 aromatic rings. The number of nitrogens with one attached hydrogen (secondary N) is 3. The number of aliphatic imine (C=N–C) groups is 1. The van der Waals surface area contributed by atoms with Gasteiger partial charge in [0.05, 0.1) is 6.04 Å². The van der Waals surface area contributed by atoms with Gasteiger partial charge in [-0.1, -0.05) is 0 Å². The van der Waals surface area contributed by atoms with Gasteiger partial charge in [-0.15, -0.1) is 12.4 Å². The van der Waals surface area contributed by atoms with Gasteiger partial charge in [0.25, 0.3) is 0 Å². The highest BCUT2D eigenvalue weighted by molar-refractivity contribution is 5.85. The molecule has 1 aliphatic rings. The lowest BCUT2D eigenvalue weighted by molar-refractivity contribution is -0.121. The lowest BCUT2D eigenvalue weighted by atomic mass is 10.3. The maximum atomic E-state index is 11.4. The van der Waals surface area contributed by atoms with Gasteiger partial charge in [-0.25, -0.2) is 4.99 Å². The Morgan fingerprint density at radius 3 is 3.00 bits per heavy atom. The summed E-state index contributed by atoms with van der Waals surface area (Å²) in [6.07, 6.45) is 6.71. The van der Waals surface area contributed by atoms with Crippen molar-refractivity contribution in [3.05, 3.63) is 24.3 Å². The zero-order chi connectivity index (χ0) is 10.4. The van der Waals surface area contributed by atoms with Gasteiger partial charge in [-0.3, -0.25) is 4.79 Å². The summed E-state index contributed by atoms with van der Waals surface area (Å²) < 4.78 is 0. The number of likely N-dealkylation sites (N-methyl/N-ethyl adjacent to an activating group) is 1. The lowest BCUT2D eigenvalue weighted by Crippen LogP contribution is -2.39. The summed E-state index contributed by atoms with van der Waals surface area (Å²) >= 11 is 0. The van der Waals surface area contributed by atoms with Crippen LogP contribution in [0.15, 0.2) is 29.3 Å². The standard InChI is InChI=1S/C9H14N4O.ClH/c1-7(10-2)9(14)13-8-6-11-4-3-5-12-8;/h3-7,10-11H,1-2H3,(H,13,14);1H. The summed E-state index contributed by atoms with van der Waals surface area (Å²) in [4.78, 5) is 15.4. The predicted molar refractivity (Wildman–Crippen MR) is 62.8 cm³/mol. The smallest absolute Gasteiger partial charge is 0.242 e. The van der Waals surface area contributed by atoms with Gasteiger partial charge in [0.2, 0.25) is 5.91 Å². The minimum absolute atomic E-state index is 0. The summed E-state index contributed by atoms with van der Waals surface area (Å²) in [5.41, 5.74) is 0. The molecule has 15 heavy (non-hydrogen) atoms. The summed E-state index contributed by atoms with van der Waals surface area (Å²) in [5, 5.41) is 8.37. The molecule has 0 aromatic carbocycles. The molecule has 0 fully saturated rings. The molecule has 1 rings (SSSR count). The minimum atomic E-state index is -0.234. The van der Waals surface area contributed by atoms with Crippen molar-refractivity contribution in [2.75, 3.05) is 7.05 Å². The summed E-state index contributed by atoms with van der Waals surface area (Å²) in [6, 6.07) is -0.234. The molecule has 1 heterocycles. The number of amides is 1. The van der Waals surface area contributed by atoms with Crippen LogP contribution in [0, 0.1) is 0 Å². The van der Waals surface area contributed by atoms with E-state index >= 15 is 0 Å². The second-order valence-electron chi connectivity index (χ2n) is 2.83. The second kappa shape index (κ2) is 7.03. The lowest BCUT2D eigenvalue weighted by Gasteiger charge is -2.10. The SMILES string of the molecule is CNC(C)C(=O)NC1=CNC=CC=N1.Cl. The minimum Gasteiger partial charge on any atom is -0.365 e. The first kappa shape index (κ1) is 13.7. The normalized spacial score (nSPS) is 15.5. The van der Waals surface area contributed by atoms with Crippen molar-refractivity contribution in [1.82, 2.24) is 16.0 Å². The highest BCUT2D eigenvalue weighted by atomic mass is 35.5. The molecule has 1 atom stereocenters. The van der Waals surface area contributed by atoms with Gasteiger partial charge >= 0.3 is 0 Å². The topological polar surface area (TPSA) is 65.5 Å². The summed E-state index contributed by atoms with van der Waals surface area (Å²) in [6.45, 7) is 1.78. The van der Waals surface area contributed by atoms with E-state index in [9.17, 15) is 4.79 Å². The molecular weight excluding hydrogens is 216 g/mol. The second-order valence-corrected chi connectivity index (χ2v) is 2.83. The molecule has 3 N–H and O–H groups in total. The highest BCUT2D eigenvalue weighted by Crippen LogP contribution is 1.93. The molecule has 0 saturated heterocycles. The zero-order valence-corrected chi connectivity index (χ0v) is 9.47. The first-order valence-electron chi connectivity index (χ1n) is 4.37. The molecular formula is C9H15ClN4O. The fourth-order valence-corrected chi connectivity index (χ4v) is 0.820. The molecule has 0 aliphatic carbocycles. The van der Waals surface area contributed by atoms with E-state index in [0.29, 0.717) is 5.82 Å². The van der Waals surface area contributed by atoms with Crippen molar-refractivity contribution in [3.63, 3.8) is 0 Å². The van der Waals surface area contributed by atoms with Gasteiger partial charge in [-0.05, 0) is 20.0 Å². The average Bonchev–Trinajstić information content (AvgIpc) is 2.45. The quantitative estimate of drug-likeness (QED) is 0.645. The molecule has 0 aromatic heterocycles. The molecule has 1 aliphatic heterocycles. The van der Waals surface area contributed by atoms with Crippen molar-refractivity contribution < 1.29 is 4.79 Å². The van der Waals surface area contributed by atoms with Crippen LogP contribution in [0.5, 0.6) is 0 Å². The van der Waals surface area contributed by atoms with Crippen molar-refractivity contribution in [3.8, 4) is 0 Å². The number of rotatable bonds is 3. The van der Waals surface area contributed by atoms with Crippen molar-refractivity contribution in [1.29, 1.82) is 0 Å². The van der Waals surface area contributed by atoms with Crippen LogP contribution < -0.4 is 16.0 Å². The number of hydrogen-bond donors (Lipinski definition) is 3. The third-order valence-electron chi connectivity index (χ3n) is 1.79. The van der Waals surface area contributed by atoms with E-state index in [1.165, 1.54) is 0 Å². The van der Waals surface area contributed by atoms with E-state index in [2.05, 4.69) is 20.9 Å². The zero-order valence-electron chi connectivity index (χ0n) is 8.65. The first-order valence-corrected chi connectivity index (χ1v) is 4.37. The van der Waals surface area contributed by atoms with E-state index in [-0.39, 0.29) is 24.4 Å². The summed E-state index contributed by atoms with van der Waals surface area (Å²) in [7, 11) is 1.73. The van der Waals surface area contributed by atoms with Gasteiger partial charge in [-0.2, -0.15) is 0 Å². The third kappa shape index (κ3) is 4.62. The maximum Gasteiger partial charge on any atom is 0.242 e. The number of halogens is 1. The number of nitrogens with zero attached hydrogens (tertiary/aromatic N) is 1. The number of allylic oxidation sites excluding steroid dienone is 1. The first-order chi connectivity index (χ1) is 6.74. The molecule has 1 unspecified atom stereocenters. The summed E-state index contributed by atoms with van der Waals surface area (Å²) in [5.74, 6) is 0.390. The van der Waals surface area contributed by atoms with Crippen molar-refractivity contribution in [2.45, 2.75) is 13.0 Å². The number of carbonyl (C=O) groups is 1. The van der Waals surface area contributed by atoms with Crippen LogP contribution in [-0.2, 0) is 4.79 Å². The van der Waals surface area contributed by atoms with Gasteiger partial charge in [0.15, 0.2) is 0 Å². The Bertz CT molecular complexity index is 298. The molecule has 5 nitrogen and oxygen atoms in total. The Balaban J connectivity index is 0.00000196. The van der Waals surface area contributed by atoms with Crippen LogP contribution in [-0.4, -0.2) is 25.2 Å². The Labute approximate surface area is 95.1 Å². The molecule has 0 radical (unpaired) electrons. The van der Waals surface area contributed by atoms with E-state index in [4.69, 9.17) is 0 Å². The molecule has 84 valence electrons. The fourth-order valence-electron chi connectivity index (χ4n) is 0.820. The van der Waals surface area contributed by atoms with E-state index < -0.39 is 0 Å². The van der Waals surface area contributed by atoms with Gasteiger partial charge in [0.1, 0.15) is 5.82 Å². The fraction of sp³-hybridized carbons (Fsp3) is 0.333. The molecule has 6 heteroatoms. The van der Waals surface area contributed by atoms with E-state index in [1.54, 1.807) is 38.7 Å². The van der Waals surface area contributed by atoms with Gasteiger partial charge in [0, 0.05) is 18.6 Å². The van der Waals surface area contributed by atoms with Crippen molar-refractivity contribution in [2.24, 2.45) is 4.99 Å². The Kier molecular flexibility index (Phi) is 6.40. The molecule has 0 spiro atoms. The van der Waals surface area contributed by atoms with Crippen LogP contribution in [0.25, 0.3) is 0 Å². The highest BCUT2D eigenvalue weighted by Gasteiger charge is 2.10. The molecule has 0 saturated carbocycles. The Morgan fingerprint density at radius 2 is 2.33 bits per heavy atom. The van der Waals surface area contributed by atoms with Crippen LogP contribution >= 0.6 is 12.4 Å².